The van der Waals surface area contributed by atoms with E-state index in [1.165, 1.54) is 28.6 Å². The lowest BCUT2D eigenvalue weighted by Gasteiger charge is -2.24. The van der Waals surface area contributed by atoms with Crippen LogP contribution >= 0.6 is 0 Å². The van der Waals surface area contributed by atoms with Crippen molar-refractivity contribution in [1.82, 2.24) is 5.43 Å². The zero-order chi connectivity index (χ0) is 26.0. The van der Waals surface area contributed by atoms with Gasteiger partial charge in [0.15, 0.2) is 0 Å². The lowest BCUT2D eigenvalue weighted by atomic mass is 10.0. The van der Waals surface area contributed by atoms with Gasteiger partial charge in [-0.15, -0.1) is 0 Å². The average molecular weight is 512 g/mol. The summed E-state index contributed by atoms with van der Waals surface area (Å²) in [5.74, 6) is -0.230. The molecule has 1 amide bonds. The minimum Gasteiger partial charge on any atom is -0.271 e. The molecule has 5 rings (SSSR count). The zero-order valence-electron chi connectivity index (χ0n) is 20.9. The highest BCUT2D eigenvalue weighted by Gasteiger charge is 2.27. The summed E-state index contributed by atoms with van der Waals surface area (Å²) in [6, 6.07) is 25.7. The number of nitrogens with one attached hydrogen (secondary N) is 1. The highest BCUT2D eigenvalue weighted by Crippen LogP contribution is 2.32. The average Bonchev–Trinajstić information content (AvgIpc) is 3.34. The van der Waals surface area contributed by atoms with E-state index < -0.39 is 22.5 Å². The molecule has 0 saturated heterocycles. The molecule has 0 bridgehead atoms. The zero-order valence-corrected chi connectivity index (χ0v) is 21.7. The van der Waals surface area contributed by atoms with Gasteiger partial charge in [0.05, 0.1) is 16.8 Å². The largest absolute Gasteiger partial charge is 0.271 e. The predicted octanol–water partition coefficient (Wildman–Crippen LogP) is 5.41. The standard InChI is InChI=1S/C30H29N3O3S/c1-21(2)22-15-17-26(18-16-22)33(37(35,36)27-8-4-3-5-9-27)20-29(34)32-31-19-25-14-13-24-12-11-23-7-6-10-28(25)30(23)24/h3-10,13-19,21H,11-12,20H2,1-2H3,(H,32,34)/b31-19+. The van der Waals surface area contributed by atoms with Crippen LogP contribution in [0, 0.1) is 0 Å². The lowest BCUT2D eigenvalue weighted by Crippen LogP contribution is -2.39. The van der Waals surface area contributed by atoms with Gasteiger partial charge in [0.25, 0.3) is 15.9 Å². The van der Waals surface area contributed by atoms with E-state index in [-0.39, 0.29) is 4.90 Å². The molecule has 0 heterocycles. The van der Waals surface area contributed by atoms with Gasteiger partial charge in [-0.2, -0.15) is 5.10 Å². The van der Waals surface area contributed by atoms with E-state index in [4.69, 9.17) is 0 Å². The fraction of sp³-hybridized carbons (Fsp3) is 0.200. The van der Waals surface area contributed by atoms with Gasteiger partial charge in [-0.25, -0.2) is 13.8 Å². The number of nitrogens with zero attached hydrogens (tertiary/aromatic N) is 2. The van der Waals surface area contributed by atoms with Gasteiger partial charge in [-0.1, -0.05) is 74.5 Å². The van der Waals surface area contributed by atoms with Gasteiger partial charge in [-0.3, -0.25) is 9.10 Å². The Morgan fingerprint density at radius 2 is 1.62 bits per heavy atom. The summed E-state index contributed by atoms with van der Waals surface area (Å²) in [4.78, 5) is 13.0. The van der Waals surface area contributed by atoms with Crippen molar-refractivity contribution < 1.29 is 13.2 Å². The molecule has 0 unspecified atom stereocenters. The van der Waals surface area contributed by atoms with E-state index >= 15 is 0 Å². The van der Waals surface area contributed by atoms with Gasteiger partial charge >= 0.3 is 0 Å². The summed E-state index contributed by atoms with van der Waals surface area (Å²) in [6.45, 7) is 3.74. The summed E-state index contributed by atoms with van der Waals surface area (Å²) in [5.41, 5.74) is 7.58. The van der Waals surface area contributed by atoms with Gasteiger partial charge in [-0.05, 0) is 70.5 Å². The van der Waals surface area contributed by atoms with E-state index in [9.17, 15) is 13.2 Å². The molecule has 0 aromatic heterocycles. The molecule has 0 radical (unpaired) electrons. The molecule has 1 N–H and O–H groups in total. The highest BCUT2D eigenvalue weighted by molar-refractivity contribution is 7.92. The van der Waals surface area contributed by atoms with Crippen LogP contribution in [-0.4, -0.2) is 27.1 Å². The third-order valence-corrected chi connectivity index (χ3v) is 8.56. The van der Waals surface area contributed by atoms with Crippen LogP contribution in [-0.2, 0) is 27.7 Å². The Bertz CT molecular complexity index is 1570. The first-order chi connectivity index (χ1) is 17.8. The van der Waals surface area contributed by atoms with Gasteiger partial charge in [0.2, 0.25) is 0 Å². The van der Waals surface area contributed by atoms with Crippen LogP contribution in [0.25, 0.3) is 10.8 Å². The predicted molar refractivity (Wildman–Crippen MR) is 149 cm³/mol. The Balaban J connectivity index is 1.39. The van der Waals surface area contributed by atoms with Crippen LogP contribution in [0.1, 0.15) is 42.0 Å². The lowest BCUT2D eigenvalue weighted by molar-refractivity contribution is -0.119. The number of hydrazone groups is 1. The number of hydrogen-bond donors (Lipinski definition) is 1. The second-order valence-electron chi connectivity index (χ2n) is 9.52. The minimum atomic E-state index is -3.97. The molecule has 4 aromatic carbocycles. The normalized spacial score (nSPS) is 12.9. The van der Waals surface area contributed by atoms with Crippen LogP contribution in [0.15, 0.2) is 94.9 Å². The van der Waals surface area contributed by atoms with Gasteiger partial charge in [0, 0.05) is 5.56 Å². The van der Waals surface area contributed by atoms with Crippen LogP contribution in [0.5, 0.6) is 0 Å². The molecule has 0 atom stereocenters. The Kier molecular flexibility index (Phi) is 6.80. The summed E-state index contributed by atoms with van der Waals surface area (Å²) >= 11 is 0. The Morgan fingerprint density at radius 1 is 0.919 bits per heavy atom. The molecular formula is C30H29N3O3S. The van der Waals surface area contributed by atoms with E-state index in [2.05, 4.69) is 42.6 Å². The van der Waals surface area contributed by atoms with E-state index in [0.29, 0.717) is 11.6 Å². The van der Waals surface area contributed by atoms with Crippen molar-refractivity contribution in [3.05, 3.63) is 107 Å². The Morgan fingerprint density at radius 3 is 2.32 bits per heavy atom. The van der Waals surface area contributed by atoms with Crippen molar-refractivity contribution in [2.24, 2.45) is 5.10 Å². The monoisotopic (exact) mass is 511 g/mol. The summed E-state index contributed by atoms with van der Waals surface area (Å²) in [7, 11) is -3.97. The fourth-order valence-corrected chi connectivity index (χ4v) is 6.22. The molecule has 1 aliphatic carbocycles. The smallest absolute Gasteiger partial charge is 0.264 e. The van der Waals surface area contributed by atoms with E-state index in [1.54, 1.807) is 36.5 Å². The van der Waals surface area contributed by atoms with Gasteiger partial charge in [0.1, 0.15) is 6.54 Å². The number of carbonyl (C=O) groups excluding carboxylic acids is 1. The number of hydrogen-bond acceptors (Lipinski definition) is 4. The second kappa shape index (κ2) is 10.2. The van der Waals surface area contributed by atoms with Crippen molar-refractivity contribution in [3.63, 3.8) is 0 Å². The van der Waals surface area contributed by atoms with Crippen molar-refractivity contribution in [2.75, 3.05) is 10.8 Å². The first kappa shape index (κ1) is 24.7. The van der Waals surface area contributed by atoms with Crippen molar-refractivity contribution in [3.8, 4) is 0 Å². The molecule has 188 valence electrons. The minimum absolute atomic E-state index is 0.118. The first-order valence-electron chi connectivity index (χ1n) is 12.4. The number of benzene rings is 4. The third kappa shape index (κ3) is 5.00. The van der Waals surface area contributed by atoms with E-state index in [0.717, 1.165) is 33.7 Å². The van der Waals surface area contributed by atoms with Crippen LogP contribution in [0.2, 0.25) is 0 Å². The van der Waals surface area contributed by atoms with Crippen LogP contribution in [0.4, 0.5) is 5.69 Å². The third-order valence-electron chi connectivity index (χ3n) is 6.77. The fourth-order valence-electron chi connectivity index (χ4n) is 4.78. The number of carbonyl (C=O) groups is 1. The molecule has 0 fully saturated rings. The number of anilines is 1. The Hall–Kier alpha value is -3.97. The highest BCUT2D eigenvalue weighted by atomic mass is 32.2. The molecule has 0 saturated carbocycles. The molecule has 6 nitrogen and oxygen atoms in total. The summed E-state index contributed by atoms with van der Waals surface area (Å²) in [5, 5.41) is 6.53. The second-order valence-corrected chi connectivity index (χ2v) is 11.4. The maximum absolute atomic E-state index is 13.5. The number of rotatable bonds is 8. The van der Waals surface area contributed by atoms with Gasteiger partial charge < -0.3 is 0 Å². The number of sulfonamides is 1. The molecule has 4 aromatic rings. The van der Waals surface area contributed by atoms with Crippen LogP contribution in [0.3, 0.4) is 0 Å². The Labute approximate surface area is 217 Å². The molecule has 1 aliphatic rings. The molecule has 37 heavy (non-hydrogen) atoms. The number of aryl methyl sites for hydroxylation is 2. The number of amides is 1. The van der Waals surface area contributed by atoms with E-state index in [1.807, 2.05) is 24.3 Å². The topological polar surface area (TPSA) is 78.8 Å². The maximum atomic E-state index is 13.5. The summed E-state index contributed by atoms with van der Waals surface area (Å²) < 4.78 is 28.1. The first-order valence-corrected chi connectivity index (χ1v) is 13.8. The van der Waals surface area contributed by atoms with Crippen LogP contribution < -0.4 is 9.73 Å². The summed E-state index contributed by atoms with van der Waals surface area (Å²) in [6.07, 6.45) is 3.69. The maximum Gasteiger partial charge on any atom is 0.264 e. The van der Waals surface area contributed by atoms with Crippen molar-refractivity contribution in [1.29, 1.82) is 0 Å². The molecular weight excluding hydrogens is 482 g/mol. The van der Waals surface area contributed by atoms with Crippen molar-refractivity contribution >= 4 is 38.6 Å². The SMILES string of the molecule is CC(C)c1ccc(N(CC(=O)N/N=C/c2ccc3c4c(cccc24)CC3)S(=O)(=O)c2ccccc2)cc1. The quantitative estimate of drug-likeness (QED) is 0.254. The molecule has 7 heteroatoms. The molecule has 0 aliphatic heterocycles. The van der Waals surface area contributed by atoms with Crippen molar-refractivity contribution in [2.45, 2.75) is 37.5 Å². The molecule has 0 spiro atoms.